The summed E-state index contributed by atoms with van der Waals surface area (Å²) in [5, 5.41) is 51.9. The Kier molecular flexibility index (Phi) is 19.3. The third-order valence-electron chi connectivity index (χ3n) is 1.63. The Morgan fingerprint density at radius 3 is 0.643 bits per heavy atom. The average Bonchev–Trinajstić information content (AvgIpc) is 2.46. The molecule has 0 aromatic carbocycles. The first-order valence-corrected chi connectivity index (χ1v) is 5.99. The van der Waals surface area contributed by atoms with Gasteiger partial charge >= 0.3 is 35.3 Å². The number of rotatable bonds is 9. The molecule has 0 spiro atoms. The topological polar surface area (TPSA) is 284 Å². The molecule has 0 saturated heterocycles. The number of Topliss-reactive ketones (excluding diaryl/α,β-unsaturated/α-hetero) is 3. The summed E-state index contributed by atoms with van der Waals surface area (Å²) in [6.07, 6.45) is -3.18. The van der Waals surface area contributed by atoms with Crippen LogP contribution >= 0.6 is 0 Å². The van der Waals surface area contributed by atoms with Crippen LogP contribution in [0.4, 0.5) is 0 Å². The molecule has 0 aliphatic rings. The standard InChI is InChI=1S/3C4H4O5.Al/c3*5-2(4(8)9)1-3(6)7;/h3*1H2,(H,6,7)(H,8,9);/q;;;+3/p-3. The molecule has 0 saturated carbocycles. The number of aliphatic carboxylic acids is 6. The Hall–Kier alpha value is -3.64. The molecule has 0 radical (unpaired) electrons. The number of carboxylic acid groups (broad SMARTS) is 6. The van der Waals surface area contributed by atoms with E-state index >= 15 is 0 Å². The van der Waals surface area contributed by atoms with Gasteiger partial charge in [0.05, 0.1) is 19.3 Å². The van der Waals surface area contributed by atoms with E-state index in [1.807, 2.05) is 0 Å². The number of carboxylic acids is 6. The van der Waals surface area contributed by atoms with Crippen LogP contribution in [-0.2, 0) is 43.2 Å². The van der Waals surface area contributed by atoms with E-state index in [0.29, 0.717) is 0 Å². The zero-order chi connectivity index (χ0) is 22.3. The molecule has 0 aromatic rings. The van der Waals surface area contributed by atoms with Crippen LogP contribution in [0.2, 0.25) is 0 Å². The largest absolute Gasteiger partial charge is 3.00 e. The predicted molar refractivity (Wildman–Crippen MR) is 72.6 cm³/mol. The van der Waals surface area contributed by atoms with Gasteiger partial charge in [0.2, 0.25) is 17.3 Å². The molecule has 0 atom stereocenters. The first kappa shape index (κ1) is 32.1. The summed E-state index contributed by atoms with van der Waals surface area (Å²) in [5.41, 5.74) is 0. The van der Waals surface area contributed by atoms with Gasteiger partial charge in [-0.3, -0.25) is 14.4 Å². The van der Waals surface area contributed by atoms with Crippen LogP contribution in [0.25, 0.3) is 0 Å². The number of carbonyl (C=O) groups is 9. The van der Waals surface area contributed by atoms with E-state index in [2.05, 4.69) is 0 Å². The first-order chi connectivity index (χ1) is 12.1. The fourth-order valence-electron chi connectivity index (χ4n) is 0.620. The molecule has 0 amide bonds. The Labute approximate surface area is 164 Å². The Morgan fingerprint density at radius 2 is 0.607 bits per heavy atom. The number of ketones is 3. The van der Waals surface area contributed by atoms with Crippen molar-refractivity contribution >= 4 is 70.5 Å². The maximum absolute atomic E-state index is 9.93. The smallest absolute Gasteiger partial charge is 0.550 e. The molecule has 16 heteroatoms. The molecule has 150 valence electrons. The number of hydrogen-bond acceptors (Lipinski definition) is 12. The van der Waals surface area contributed by atoms with Gasteiger partial charge in [-0.2, -0.15) is 0 Å². The molecule has 0 rings (SSSR count). The first-order valence-electron chi connectivity index (χ1n) is 5.99. The second-order valence-corrected chi connectivity index (χ2v) is 3.83. The number of carbonyl (C=O) groups excluding carboxylic acids is 6. The van der Waals surface area contributed by atoms with E-state index in [1.165, 1.54) is 0 Å². The van der Waals surface area contributed by atoms with E-state index in [1.54, 1.807) is 0 Å². The van der Waals surface area contributed by atoms with Crippen molar-refractivity contribution in [1.29, 1.82) is 0 Å². The predicted octanol–water partition coefficient (Wildman–Crippen LogP) is -7.04. The zero-order valence-corrected chi connectivity index (χ0v) is 14.6. The molecule has 0 aliphatic carbocycles. The van der Waals surface area contributed by atoms with E-state index in [9.17, 15) is 58.5 Å². The summed E-state index contributed by atoms with van der Waals surface area (Å²) < 4.78 is 0. The molecule has 0 unspecified atom stereocenters. The molecule has 28 heavy (non-hydrogen) atoms. The molecule has 0 fully saturated rings. The molecule has 0 heterocycles. The minimum Gasteiger partial charge on any atom is -0.550 e. The zero-order valence-electron chi connectivity index (χ0n) is 13.4. The quantitative estimate of drug-likeness (QED) is 0.177. The SMILES string of the molecule is O=C([O-])CC(=O)C(=O)O.O=C([O-])CC(=O)C(=O)O.O=C([O-])CC(=O)C(=O)O.[Al+3]. The third-order valence-corrected chi connectivity index (χ3v) is 1.63. The van der Waals surface area contributed by atoms with E-state index in [0.717, 1.165) is 0 Å². The van der Waals surface area contributed by atoms with Crippen LogP contribution in [0.15, 0.2) is 0 Å². The third kappa shape index (κ3) is 24.6. The van der Waals surface area contributed by atoms with Gasteiger partial charge in [-0.05, 0) is 0 Å². The van der Waals surface area contributed by atoms with E-state index in [4.69, 9.17) is 15.3 Å². The van der Waals surface area contributed by atoms with E-state index < -0.39 is 72.4 Å². The Balaban J connectivity index is -0.000000152. The molecular weight excluding hydrogens is 411 g/mol. The molecule has 0 aliphatic heterocycles. The van der Waals surface area contributed by atoms with Crippen LogP contribution in [0.3, 0.4) is 0 Å². The van der Waals surface area contributed by atoms with Gasteiger partial charge in [0, 0.05) is 17.9 Å². The molecule has 0 bridgehead atoms. The Bertz CT molecular complexity index is 572. The van der Waals surface area contributed by atoms with Crippen LogP contribution in [-0.4, -0.2) is 85.8 Å². The van der Waals surface area contributed by atoms with Gasteiger partial charge in [-0.25, -0.2) is 14.4 Å². The van der Waals surface area contributed by atoms with Crippen molar-refractivity contribution in [2.45, 2.75) is 19.3 Å². The average molecular weight is 420 g/mol. The van der Waals surface area contributed by atoms with Crippen molar-refractivity contribution in [3.63, 3.8) is 0 Å². The monoisotopic (exact) mass is 420 g/mol. The Morgan fingerprint density at radius 1 is 0.464 bits per heavy atom. The van der Waals surface area contributed by atoms with Crippen molar-refractivity contribution in [2.75, 3.05) is 0 Å². The van der Waals surface area contributed by atoms with E-state index in [-0.39, 0.29) is 17.4 Å². The summed E-state index contributed by atoms with van der Waals surface area (Å²) in [6.45, 7) is 0. The van der Waals surface area contributed by atoms with Gasteiger partial charge in [0.25, 0.3) is 0 Å². The maximum Gasteiger partial charge on any atom is 3.00 e. The second-order valence-electron chi connectivity index (χ2n) is 3.83. The molecule has 15 nitrogen and oxygen atoms in total. The van der Waals surface area contributed by atoms with Crippen LogP contribution < -0.4 is 15.3 Å². The normalized spacial score (nSPS) is 8.14. The fraction of sp³-hybridized carbons (Fsp3) is 0.250. The minimum atomic E-state index is -1.75. The fourth-order valence-corrected chi connectivity index (χ4v) is 0.620. The van der Waals surface area contributed by atoms with Crippen LogP contribution in [0.5, 0.6) is 0 Å². The maximum atomic E-state index is 9.93. The molecular formula is C12H9AlO15. The van der Waals surface area contributed by atoms with Crippen LogP contribution in [0, 0.1) is 0 Å². The van der Waals surface area contributed by atoms with Crippen molar-refractivity contribution in [3.05, 3.63) is 0 Å². The van der Waals surface area contributed by atoms with Crippen molar-refractivity contribution < 1.29 is 73.8 Å². The number of hydrogen-bond donors (Lipinski definition) is 3. The van der Waals surface area contributed by atoms with Gasteiger partial charge in [-0.1, -0.05) is 0 Å². The molecule has 0 aromatic heterocycles. The van der Waals surface area contributed by atoms with Crippen molar-refractivity contribution in [2.24, 2.45) is 0 Å². The minimum absolute atomic E-state index is 0. The second kappa shape index (κ2) is 16.8. The van der Waals surface area contributed by atoms with Gasteiger partial charge in [0.1, 0.15) is 0 Å². The summed E-state index contributed by atoms with van der Waals surface area (Å²) in [7, 11) is 0. The summed E-state index contributed by atoms with van der Waals surface area (Å²) in [5.74, 6) is -14.4. The van der Waals surface area contributed by atoms with Crippen LogP contribution in [0.1, 0.15) is 19.3 Å². The summed E-state index contributed by atoms with van der Waals surface area (Å²) in [4.78, 5) is 87.1. The van der Waals surface area contributed by atoms with Gasteiger partial charge < -0.3 is 45.0 Å². The van der Waals surface area contributed by atoms with Crippen molar-refractivity contribution in [1.82, 2.24) is 0 Å². The molecule has 3 N–H and O–H groups in total. The summed E-state index contributed by atoms with van der Waals surface area (Å²) in [6, 6.07) is 0. The van der Waals surface area contributed by atoms with Crippen molar-refractivity contribution in [3.8, 4) is 0 Å². The van der Waals surface area contributed by atoms with Gasteiger partial charge in [0.15, 0.2) is 0 Å². The van der Waals surface area contributed by atoms with Gasteiger partial charge in [-0.15, -0.1) is 0 Å². The summed E-state index contributed by atoms with van der Waals surface area (Å²) >= 11 is 0.